The lowest BCUT2D eigenvalue weighted by Gasteiger charge is -2.21. The fourth-order valence-corrected chi connectivity index (χ4v) is 3.87. The minimum absolute atomic E-state index is 0.0690. The molecule has 1 fully saturated rings. The molecule has 0 saturated carbocycles. The fourth-order valence-electron chi connectivity index (χ4n) is 3.75. The number of ether oxygens (including phenoxy) is 2. The molecule has 0 spiro atoms. The van der Waals surface area contributed by atoms with Gasteiger partial charge in [-0.15, -0.1) is 0 Å². The van der Waals surface area contributed by atoms with Crippen molar-refractivity contribution in [3.8, 4) is 11.5 Å². The summed E-state index contributed by atoms with van der Waals surface area (Å²) in [6, 6.07) is 16.1. The van der Waals surface area contributed by atoms with E-state index in [9.17, 15) is 9.90 Å². The Kier molecular flexibility index (Phi) is 7.54. The van der Waals surface area contributed by atoms with E-state index in [2.05, 4.69) is 10.2 Å². The summed E-state index contributed by atoms with van der Waals surface area (Å²) in [6.07, 6.45) is 1.71. The van der Waals surface area contributed by atoms with Crippen LogP contribution in [0.2, 0.25) is 5.02 Å². The van der Waals surface area contributed by atoms with Crippen molar-refractivity contribution >= 4 is 23.2 Å². The Morgan fingerprint density at radius 2 is 2.09 bits per heavy atom. The molecule has 1 aromatic heterocycles. The molecule has 1 aliphatic rings. The number of hydrogen-bond acceptors (Lipinski definition) is 6. The molecule has 2 heterocycles. The first kappa shape index (κ1) is 23.2. The molecule has 3 aromatic rings. The van der Waals surface area contributed by atoms with Crippen LogP contribution in [0.15, 0.2) is 65.3 Å². The van der Waals surface area contributed by atoms with Gasteiger partial charge in [0.15, 0.2) is 5.76 Å². The quantitative estimate of drug-likeness (QED) is 0.482. The molecule has 0 bridgehead atoms. The first-order valence-corrected chi connectivity index (χ1v) is 11.2. The molecule has 1 amide bonds. The number of nitrogens with zero attached hydrogens (tertiary/aromatic N) is 1. The molecule has 0 radical (unpaired) electrons. The molecule has 1 saturated heterocycles. The summed E-state index contributed by atoms with van der Waals surface area (Å²) in [6.45, 7) is 4.08. The molecule has 7 nitrogen and oxygen atoms in total. The second-order valence-electron chi connectivity index (χ2n) is 8.14. The van der Waals surface area contributed by atoms with E-state index in [4.69, 9.17) is 25.5 Å². The zero-order valence-electron chi connectivity index (χ0n) is 18.4. The van der Waals surface area contributed by atoms with Crippen LogP contribution in [0.4, 0.5) is 5.69 Å². The number of β-amino-alcohol motifs (C(OH)–C–C–N with tert-alkyl or cyclic N) is 1. The van der Waals surface area contributed by atoms with Gasteiger partial charge in [0.05, 0.1) is 12.0 Å². The van der Waals surface area contributed by atoms with E-state index in [1.54, 1.807) is 30.3 Å². The average molecular weight is 471 g/mol. The highest BCUT2D eigenvalue weighted by atomic mass is 35.5. The number of carbonyl (C=O) groups excluding carboxylic acids is 1. The monoisotopic (exact) mass is 470 g/mol. The highest BCUT2D eigenvalue weighted by Crippen LogP contribution is 2.27. The lowest BCUT2D eigenvalue weighted by Crippen LogP contribution is -2.35. The van der Waals surface area contributed by atoms with E-state index in [0.717, 1.165) is 30.8 Å². The van der Waals surface area contributed by atoms with Crippen molar-refractivity contribution in [3.63, 3.8) is 0 Å². The van der Waals surface area contributed by atoms with Crippen LogP contribution < -0.4 is 14.8 Å². The van der Waals surface area contributed by atoms with Crippen LogP contribution in [-0.2, 0) is 0 Å². The van der Waals surface area contributed by atoms with Crippen molar-refractivity contribution < 1.29 is 23.8 Å². The minimum atomic E-state index is -0.687. The zero-order chi connectivity index (χ0) is 23.2. The van der Waals surface area contributed by atoms with Crippen LogP contribution >= 0.6 is 11.6 Å². The lowest BCUT2D eigenvalue weighted by molar-refractivity contribution is 0.0722. The lowest BCUT2D eigenvalue weighted by atomic mass is 10.2. The van der Waals surface area contributed by atoms with Gasteiger partial charge >= 0.3 is 0 Å². The van der Waals surface area contributed by atoms with Crippen LogP contribution in [0.5, 0.6) is 11.5 Å². The summed E-state index contributed by atoms with van der Waals surface area (Å²) in [5, 5.41) is 14.0. The third-order valence-electron chi connectivity index (χ3n) is 5.38. The van der Waals surface area contributed by atoms with Crippen molar-refractivity contribution in [2.45, 2.75) is 25.6 Å². The molecule has 2 atom stereocenters. The predicted octanol–water partition coefficient (Wildman–Crippen LogP) is 4.39. The predicted molar refractivity (Wildman–Crippen MR) is 126 cm³/mol. The van der Waals surface area contributed by atoms with Gasteiger partial charge in [-0.2, -0.15) is 0 Å². The van der Waals surface area contributed by atoms with Gasteiger partial charge in [0, 0.05) is 24.7 Å². The Morgan fingerprint density at radius 1 is 1.27 bits per heavy atom. The second kappa shape index (κ2) is 10.7. The smallest absolute Gasteiger partial charge is 0.291 e. The number of rotatable bonds is 9. The molecule has 2 N–H and O–H groups in total. The minimum Gasteiger partial charge on any atom is -0.489 e. The highest BCUT2D eigenvalue weighted by molar-refractivity contribution is 6.30. The van der Waals surface area contributed by atoms with Crippen molar-refractivity contribution in [1.82, 2.24) is 4.90 Å². The molecule has 4 rings (SSSR count). The maximum atomic E-state index is 12.3. The summed E-state index contributed by atoms with van der Waals surface area (Å²) in [7, 11) is 0. The van der Waals surface area contributed by atoms with E-state index < -0.39 is 6.10 Å². The summed E-state index contributed by atoms with van der Waals surface area (Å²) < 4.78 is 17.0. The Labute approximate surface area is 197 Å². The van der Waals surface area contributed by atoms with E-state index in [1.807, 2.05) is 31.2 Å². The fraction of sp³-hybridized carbons (Fsp3) is 0.320. The number of carbonyl (C=O) groups is 1. The number of amides is 1. The summed E-state index contributed by atoms with van der Waals surface area (Å²) >= 11 is 5.92. The molecular formula is C25H27ClN2O5. The number of furan rings is 1. The van der Waals surface area contributed by atoms with E-state index in [0.29, 0.717) is 23.0 Å². The van der Waals surface area contributed by atoms with Crippen LogP contribution in [0.1, 0.15) is 22.5 Å². The Balaban J connectivity index is 1.27. The molecule has 8 heteroatoms. The van der Waals surface area contributed by atoms with Gasteiger partial charge < -0.3 is 24.3 Å². The Hall–Kier alpha value is -3.00. The largest absolute Gasteiger partial charge is 0.489 e. The van der Waals surface area contributed by atoms with Crippen molar-refractivity contribution in [3.05, 3.63) is 77.2 Å². The van der Waals surface area contributed by atoms with E-state index >= 15 is 0 Å². The molecule has 1 aliphatic heterocycles. The number of halogens is 1. The normalized spacial score (nSPS) is 17.0. The van der Waals surface area contributed by atoms with Crippen molar-refractivity contribution in [2.24, 2.45) is 0 Å². The Bertz CT molecular complexity index is 1060. The van der Waals surface area contributed by atoms with Crippen LogP contribution in [0, 0.1) is 6.92 Å². The third-order valence-corrected chi connectivity index (χ3v) is 5.63. The summed E-state index contributed by atoms with van der Waals surface area (Å²) in [4.78, 5) is 14.5. The molecule has 0 aliphatic carbocycles. The summed E-state index contributed by atoms with van der Waals surface area (Å²) in [5.74, 6) is 1.14. The topological polar surface area (TPSA) is 84.2 Å². The number of hydrogen-bond donors (Lipinski definition) is 2. The first-order valence-electron chi connectivity index (χ1n) is 10.9. The van der Waals surface area contributed by atoms with Gasteiger partial charge in [-0.25, -0.2) is 0 Å². The van der Waals surface area contributed by atoms with Crippen LogP contribution in [0.25, 0.3) is 0 Å². The first-order chi connectivity index (χ1) is 16.0. The number of anilines is 1. The molecule has 174 valence electrons. The van der Waals surface area contributed by atoms with Crippen molar-refractivity contribution in [1.29, 1.82) is 0 Å². The highest BCUT2D eigenvalue weighted by Gasteiger charge is 2.26. The standard InChI is InChI=1S/C25H27ClN2O5/c1-17-4-9-22(27-25(30)23-3-2-12-31-23)24(13-17)32-16-19(29)14-28-11-10-21(15-28)33-20-7-5-18(26)6-8-20/h2-9,12-13,19,21,29H,10-11,14-16H2,1H3,(H,27,30). The number of aliphatic hydroxyl groups excluding tert-OH is 1. The van der Waals surface area contributed by atoms with E-state index in [1.165, 1.54) is 6.26 Å². The molecule has 2 unspecified atom stereocenters. The second-order valence-corrected chi connectivity index (χ2v) is 8.57. The van der Waals surface area contributed by atoms with Crippen LogP contribution in [0.3, 0.4) is 0 Å². The average Bonchev–Trinajstić information content (AvgIpc) is 3.48. The number of nitrogens with one attached hydrogen (secondary N) is 1. The number of likely N-dealkylation sites (tertiary alicyclic amines) is 1. The van der Waals surface area contributed by atoms with Crippen molar-refractivity contribution in [2.75, 3.05) is 31.6 Å². The summed E-state index contributed by atoms with van der Waals surface area (Å²) in [5.41, 5.74) is 1.50. The number of benzene rings is 2. The number of aliphatic hydroxyl groups is 1. The van der Waals surface area contributed by atoms with Gasteiger partial charge in [-0.3, -0.25) is 9.69 Å². The van der Waals surface area contributed by atoms with Gasteiger partial charge in [0.2, 0.25) is 0 Å². The zero-order valence-corrected chi connectivity index (χ0v) is 19.1. The SMILES string of the molecule is Cc1ccc(NC(=O)c2ccco2)c(OCC(O)CN2CCC(Oc3ccc(Cl)cc3)C2)c1. The van der Waals surface area contributed by atoms with E-state index in [-0.39, 0.29) is 24.4 Å². The van der Waals surface area contributed by atoms with Gasteiger partial charge in [-0.1, -0.05) is 17.7 Å². The maximum absolute atomic E-state index is 12.3. The van der Waals surface area contributed by atoms with Gasteiger partial charge in [0.25, 0.3) is 5.91 Å². The molecule has 33 heavy (non-hydrogen) atoms. The maximum Gasteiger partial charge on any atom is 0.291 e. The van der Waals surface area contributed by atoms with Crippen LogP contribution in [-0.4, -0.2) is 54.4 Å². The van der Waals surface area contributed by atoms with Gasteiger partial charge in [0.1, 0.15) is 30.3 Å². The Morgan fingerprint density at radius 3 is 2.85 bits per heavy atom. The number of aryl methyl sites for hydroxylation is 1. The molecular weight excluding hydrogens is 444 g/mol. The molecule has 2 aromatic carbocycles. The van der Waals surface area contributed by atoms with Gasteiger partial charge in [-0.05, 0) is 67.4 Å². The third kappa shape index (κ3) is 6.51.